The van der Waals surface area contributed by atoms with Gasteiger partial charge in [-0.3, -0.25) is 4.79 Å². The Kier molecular flexibility index (Phi) is 7.71. The molecule has 1 aromatic heterocycles. The zero-order chi connectivity index (χ0) is 18.3. The van der Waals surface area contributed by atoms with Crippen LogP contribution in [-0.4, -0.2) is 28.0 Å². The van der Waals surface area contributed by atoms with Gasteiger partial charge in [-0.1, -0.05) is 6.42 Å². The number of amides is 1. The summed E-state index contributed by atoms with van der Waals surface area (Å²) in [6, 6.07) is 4.92. The molecule has 0 aliphatic heterocycles. The zero-order valence-corrected chi connectivity index (χ0v) is 17.7. The number of nitrogens with two attached hydrogens (primary N) is 1. The second kappa shape index (κ2) is 9.42. The molecular weight excluding hydrogens is 402 g/mol. The average molecular weight is 431 g/mol. The van der Waals surface area contributed by atoms with Crippen LogP contribution in [0.5, 0.6) is 0 Å². The van der Waals surface area contributed by atoms with Crippen LogP contribution in [0.2, 0.25) is 0 Å². The second-order valence-corrected chi connectivity index (χ2v) is 7.96. The molecule has 8 heteroatoms. The molecule has 2 unspecified atom stereocenters. The molecule has 156 valence electrons. The van der Waals surface area contributed by atoms with Gasteiger partial charge in [0.1, 0.15) is 11.6 Å². The SMILES string of the molecule is Cl.Cl.Cn1c(CCNC(=O)C2CC3CCCC(C2)C3N)nc2cc(F)ccc21. The van der Waals surface area contributed by atoms with Crippen molar-refractivity contribution in [3.63, 3.8) is 0 Å². The maximum Gasteiger partial charge on any atom is 0.223 e. The fraction of sp³-hybridized carbons (Fsp3) is 0.600. The Hall–Kier alpha value is -1.37. The van der Waals surface area contributed by atoms with Crippen LogP contribution in [0.25, 0.3) is 11.0 Å². The van der Waals surface area contributed by atoms with E-state index in [0.717, 1.165) is 37.0 Å². The fourth-order valence-corrected chi connectivity index (χ4v) is 4.89. The minimum Gasteiger partial charge on any atom is -0.355 e. The predicted molar refractivity (Wildman–Crippen MR) is 113 cm³/mol. The molecule has 2 saturated carbocycles. The average Bonchev–Trinajstić information content (AvgIpc) is 2.90. The van der Waals surface area contributed by atoms with Crippen molar-refractivity contribution in [3.05, 3.63) is 29.8 Å². The van der Waals surface area contributed by atoms with Gasteiger partial charge in [-0.2, -0.15) is 0 Å². The first kappa shape index (κ1) is 22.9. The van der Waals surface area contributed by atoms with Gasteiger partial charge in [0.05, 0.1) is 11.0 Å². The summed E-state index contributed by atoms with van der Waals surface area (Å²) in [4.78, 5) is 17.1. The van der Waals surface area contributed by atoms with E-state index in [0.29, 0.717) is 30.3 Å². The maximum absolute atomic E-state index is 13.4. The lowest BCUT2D eigenvalue weighted by atomic mass is 9.65. The van der Waals surface area contributed by atoms with E-state index in [1.165, 1.54) is 18.6 Å². The zero-order valence-electron chi connectivity index (χ0n) is 16.1. The molecule has 1 amide bonds. The third-order valence-corrected chi connectivity index (χ3v) is 6.37. The Morgan fingerprint density at radius 1 is 1.29 bits per heavy atom. The third kappa shape index (κ3) is 4.44. The number of benzene rings is 1. The van der Waals surface area contributed by atoms with Gasteiger partial charge in [-0.05, 0) is 49.7 Å². The topological polar surface area (TPSA) is 72.9 Å². The van der Waals surface area contributed by atoms with E-state index in [1.807, 2.05) is 11.6 Å². The van der Waals surface area contributed by atoms with E-state index in [1.54, 1.807) is 6.07 Å². The number of rotatable bonds is 4. The van der Waals surface area contributed by atoms with Crippen LogP contribution in [0.15, 0.2) is 18.2 Å². The molecule has 2 aliphatic rings. The molecule has 2 bridgehead atoms. The summed E-state index contributed by atoms with van der Waals surface area (Å²) >= 11 is 0. The minimum absolute atomic E-state index is 0. The van der Waals surface area contributed by atoms with Gasteiger partial charge in [0.15, 0.2) is 0 Å². The van der Waals surface area contributed by atoms with Crippen molar-refractivity contribution in [1.82, 2.24) is 14.9 Å². The van der Waals surface area contributed by atoms with Gasteiger partial charge in [0.25, 0.3) is 0 Å². The predicted octanol–water partition coefficient (Wildman–Crippen LogP) is 3.37. The lowest BCUT2D eigenvalue weighted by molar-refractivity contribution is -0.127. The van der Waals surface area contributed by atoms with Gasteiger partial charge in [-0.15, -0.1) is 24.8 Å². The Morgan fingerprint density at radius 3 is 2.64 bits per heavy atom. The largest absolute Gasteiger partial charge is 0.355 e. The van der Waals surface area contributed by atoms with Crippen LogP contribution in [0.4, 0.5) is 4.39 Å². The molecule has 0 spiro atoms. The Bertz CT molecular complexity index is 814. The van der Waals surface area contributed by atoms with Crippen LogP contribution in [0.1, 0.15) is 37.9 Å². The number of carbonyl (C=O) groups excluding carboxylic acids is 1. The third-order valence-electron chi connectivity index (χ3n) is 6.37. The monoisotopic (exact) mass is 430 g/mol. The van der Waals surface area contributed by atoms with Gasteiger partial charge >= 0.3 is 0 Å². The number of halogens is 3. The number of hydrogen-bond donors (Lipinski definition) is 2. The summed E-state index contributed by atoms with van der Waals surface area (Å²) in [6.07, 6.45) is 6.07. The van der Waals surface area contributed by atoms with Crippen molar-refractivity contribution < 1.29 is 9.18 Å². The normalized spacial score (nSPS) is 26.2. The summed E-state index contributed by atoms with van der Waals surface area (Å²) in [7, 11) is 1.92. The first-order valence-corrected chi connectivity index (χ1v) is 9.67. The van der Waals surface area contributed by atoms with Gasteiger partial charge < -0.3 is 15.6 Å². The summed E-state index contributed by atoms with van der Waals surface area (Å²) < 4.78 is 15.3. The first-order chi connectivity index (χ1) is 12.5. The number of nitrogens with one attached hydrogen (secondary N) is 1. The van der Waals surface area contributed by atoms with Crippen molar-refractivity contribution in [1.29, 1.82) is 0 Å². The Balaban J connectivity index is 0.00000140. The minimum atomic E-state index is -0.281. The van der Waals surface area contributed by atoms with Crippen molar-refractivity contribution in [2.24, 2.45) is 30.5 Å². The molecule has 5 nitrogen and oxygen atoms in total. The van der Waals surface area contributed by atoms with E-state index in [9.17, 15) is 9.18 Å². The molecule has 0 saturated heterocycles. The quantitative estimate of drug-likeness (QED) is 0.780. The molecule has 28 heavy (non-hydrogen) atoms. The van der Waals surface area contributed by atoms with Crippen molar-refractivity contribution >= 4 is 41.8 Å². The van der Waals surface area contributed by atoms with Crippen LogP contribution in [-0.2, 0) is 18.3 Å². The number of imidazole rings is 1. The highest BCUT2D eigenvalue weighted by Crippen LogP contribution is 2.41. The molecule has 0 radical (unpaired) electrons. The van der Waals surface area contributed by atoms with Crippen LogP contribution >= 0.6 is 24.8 Å². The van der Waals surface area contributed by atoms with E-state index in [2.05, 4.69) is 10.3 Å². The number of nitrogens with zero attached hydrogens (tertiary/aromatic N) is 2. The Labute approximate surface area is 177 Å². The Morgan fingerprint density at radius 2 is 1.96 bits per heavy atom. The summed E-state index contributed by atoms with van der Waals surface area (Å²) in [5, 5.41) is 3.08. The molecule has 3 N–H and O–H groups in total. The lowest BCUT2D eigenvalue weighted by Gasteiger charge is -2.43. The molecule has 2 aromatic rings. The van der Waals surface area contributed by atoms with Crippen molar-refractivity contribution in [2.75, 3.05) is 6.54 Å². The van der Waals surface area contributed by atoms with E-state index in [-0.39, 0.29) is 48.5 Å². The number of hydrogen-bond acceptors (Lipinski definition) is 3. The molecule has 2 fully saturated rings. The second-order valence-electron chi connectivity index (χ2n) is 7.96. The molecule has 1 aromatic carbocycles. The molecule has 2 atom stereocenters. The smallest absolute Gasteiger partial charge is 0.223 e. The number of aromatic nitrogens is 2. The van der Waals surface area contributed by atoms with Gasteiger partial charge in [0.2, 0.25) is 5.91 Å². The standard InChI is InChI=1S/C20H27FN4O.2ClH/c1-25-17-6-5-15(21)11-16(17)24-18(25)7-8-23-20(26)14-9-12-3-2-4-13(10-14)19(12)22;;/h5-6,11-14,19H,2-4,7-10,22H2,1H3,(H,23,26);2*1H. The highest BCUT2D eigenvalue weighted by molar-refractivity contribution is 5.85. The molecule has 1 heterocycles. The van der Waals surface area contributed by atoms with E-state index < -0.39 is 0 Å². The fourth-order valence-electron chi connectivity index (χ4n) is 4.89. The first-order valence-electron chi connectivity index (χ1n) is 9.67. The summed E-state index contributed by atoms with van der Waals surface area (Å²) in [6.45, 7) is 0.552. The maximum atomic E-state index is 13.4. The van der Waals surface area contributed by atoms with E-state index >= 15 is 0 Å². The van der Waals surface area contributed by atoms with Gasteiger partial charge in [0, 0.05) is 38.0 Å². The van der Waals surface area contributed by atoms with Crippen molar-refractivity contribution in [3.8, 4) is 0 Å². The molecule has 4 rings (SSSR count). The van der Waals surface area contributed by atoms with Crippen LogP contribution in [0.3, 0.4) is 0 Å². The number of aryl methyl sites for hydroxylation is 1. The molecule has 2 aliphatic carbocycles. The van der Waals surface area contributed by atoms with Crippen LogP contribution < -0.4 is 11.1 Å². The van der Waals surface area contributed by atoms with Crippen LogP contribution in [0, 0.1) is 23.6 Å². The van der Waals surface area contributed by atoms with E-state index in [4.69, 9.17) is 5.73 Å². The number of carbonyl (C=O) groups is 1. The highest BCUT2D eigenvalue weighted by atomic mass is 35.5. The molecular formula is C20H29Cl2FN4O. The van der Waals surface area contributed by atoms with Gasteiger partial charge in [-0.25, -0.2) is 9.37 Å². The summed E-state index contributed by atoms with van der Waals surface area (Å²) in [5.41, 5.74) is 7.88. The number of fused-ring (bicyclic) bond motifs is 3. The highest BCUT2D eigenvalue weighted by Gasteiger charge is 2.40. The summed E-state index contributed by atoms with van der Waals surface area (Å²) in [5.74, 6) is 1.84. The lowest BCUT2D eigenvalue weighted by Crippen LogP contribution is -2.49. The van der Waals surface area contributed by atoms with Crippen molar-refractivity contribution in [2.45, 2.75) is 44.6 Å².